The van der Waals surface area contributed by atoms with Crippen LogP contribution in [0.25, 0.3) is 0 Å². The summed E-state index contributed by atoms with van der Waals surface area (Å²) in [6.45, 7) is 1.58. The van der Waals surface area contributed by atoms with Crippen LogP contribution >= 0.6 is 34.7 Å². The maximum atomic E-state index is 11.0. The molecule has 0 aliphatic heterocycles. The minimum Gasteiger partial charge on any atom is -0.477 e. The molecule has 2 aromatic rings. The molecule has 0 amide bonds. The van der Waals surface area contributed by atoms with Crippen molar-refractivity contribution < 1.29 is 14.8 Å². The molecule has 0 saturated carbocycles. The van der Waals surface area contributed by atoms with E-state index >= 15 is 0 Å². The van der Waals surface area contributed by atoms with Gasteiger partial charge in [-0.15, -0.1) is 11.3 Å². The van der Waals surface area contributed by atoms with Gasteiger partial charge in [0.15, 0.2) is 4.34 Å². The molecule has 0 saturated heterocycles. The fourth-order valence-corrected chi connectivity index (χ4v) is 3.88. The fourth-order valence-electron chi connectivity index (χ4n) is 1.46. The highest BCUT2D eigenvalue weighted by atomic mass is 35.5. The summed E-state index contributed by atoms with van der Waals surface area (Å²) in [5.74, 6) is -1.06. The van der Waals surface area contributed by atoms with Crippen LogP contribution < -0.4 is 0 Å². The Morgan fingerprint density at radius 2 is 2.25 bits per heavy atom. The third-order valence-corrected chi connectivity index (χ3v) is 4.86. The third kappa shape index (κ3) is 2.92. The molecule has 0 unspecified atom stereocenters. The summed E-state index contributed by atoms with van der Waals surface area (Å²) in [5, 5.41) is 20.0. The van der Waals surface area contributed by atoms with Gasteiger partial charge in [-0.25, -0.2) is 9.78 Å². The van der Waals surface area contributed by atoms with Gasteiger partial charge in [0.1, 0.15) is 9.90 Å². The minimum atomic E-state index is -1.06. The van der Waals surface area contributed by atoms with E-state index in [1.807, 2.05) is 0 Å². The minimum absolute atomic E-state index is 0.0340. The number of carboxylic acid groups (broad SMARTS) is 1. The summed E-state index contributed by atoms with van der Waals surface area (Å²) in [7, 11) is 0. The highest BCUT2D eigenvalue weighted by molar-refractivity contribution is 8.01. The van der Waals surface area contributed by atoms with E-state index in [1.54, 1.807) is 19.1 Å². The second kappa shape index (κ2) is 5.78. The molecule has 1 aromatic heterocycles. The number of hydrogen-bond acceptors (Lipinski definition) is 6. The van der Waals surface area contributed by atoms with Gasteiger partial charge in [-0.2, -0.15) is 0 Å². The summed E-state index contributed by atoms with van der Waals surface area (Å²) in [4.78, 5) is 25.9. The smallest absolute Gasteiger partial charge is 0.347 e. The number of para-hydroxylation sites is 1. The zero-order chi connectivity index (χ0) is 14.9. The second-order valence-electron chi connectivity index (χ2n) is 3.65. The fraction of sp³-hybridized carbons (Fsp3) is 0.0909. The first-order valence-corrected chi connectivity index (χ1v) is 7.22. The van der Waals surface area contributed by atoms with Crippen molar-refractivity contribution in [3.63, 3.8) is 0 Å². The van der Waals surface area contributed by atoms with Gasteiger partial charge in [-0.1, -0.05) is 29.4 Å². The van der Waals surface area contributed by atoms with Crippen LogP contribution in [-0.2, 0) is 0 Å². The zero-order valence-corrected chi connectivity index (χ0v) is 12.4. The Balaban J connectivity index is 2.40. The summed E-state index contributed by atoms with van der Waals surface area (Å²) >= 11 is 7.81. The zero-order valence-electron chi connectivity index (χ0n) is 9.99. The molecule has 20 heavy (non-hydrogen) atoms. The molecule has 9 heteroatoms. The lowest BCUT2D eigenvalue weighted by atomic mass is 10.3. The van der Waals surface area contributed by atoms with Gasteiger partial charge in [0.2, 0.25) is 0 Å². The van der Waals surface area contributed by atoms with Crippen molar-refractivity contribution in [1.29, 1.82) is 0 Å². The summed E-state index contributed by atoms with van der Waals surface area (Å²) in [6.07, 6.45) is 0. The number of nitrogens with zero attached hydrogens (tertiary/aromatic N) is 2. The van der Waals surface area contributed by atoms with E-state index < -0.39 is 10.9 Å². The van der Waals surface area contributed by atoms with Crippen molar-refractivity contribution in [3.8, 4) is 0 Å². The SMILES string of the molecule is Cc1nc(Sc2cccc(Cl)c2[N+](=O)[O-])sc1C(=O)O. The van der Waals surface area contributed by atoms with Gasteiger partial charge >= 0.3 is 11.7 Å². The molecule has 0 atom stereocenters. The van der Waals surface area contributed by atoms with Gasteiger partial charge in [0.25, 0.3) is 0 Å². The molecule has 104 valence electrons. The van der Waals surface area contributed by atoms with Crippen molar-refractivity contribution in [2.75, 3.05) is 0 Å². The quantitative estimate of drug-likeness (QED) is 0.675. The van der Waals surface area contributed by atoms with Gasteiger partial charge < -0.3 is 5.11 Å². The van der Waals surface area contributed by atoms with E-state index in [0.29, 0.717) is 14.9 Å². The first kappa shape index (κ1) is 14.8. The Labute approximate surface area is 126 Å². The number of halogens is 1. The van der Waals surface area contributed by atoms with E-state index in [9.17, 15) is 14.9 Å². The van der Waals surface area contributed by atoms with E-state index in [4.69, 9.17) is 16.7 Å². The number of nitro benzene ring substituents is 1. The van der Waals surface area contributed by atoms with Crippen molar-refractivity contribution >= 4 is 46.4 Å². The molecule has 6 nitrogen and oxygen atoms in total. The number of hydrogen-bond donors (Lipinski definition) is 1. The van der Waals surface area contributed by atoms with E-state index in [2.05, 4.69) is 4.98 Å². The van der Waals surface area contributed by atoms with E-state index in [0.717, 1.165) is 23.1 Å². The summed E-state index contributed by atoms with van der Waals surface area (Å²) in [5.41, 5.74) is 0.179. The second-order valence-corrected chi connectivity index (χ2v) is 6.34. The lowest BCUT2D eigenvalue weighted by Crippen LogP contribution is -1.94. The molecule has 0 aliphatic rings. The number of carbonyl (C=O) groups is 1. The van der Waals surface area contributed by atoms with Crippen LogP contribution in [0.5, 0.6) is 0 Å². The van der Waals surface area contributed by atoms with Crippen molar-refractivity contribution in [2.45, 2.75) is 16.2 Å². The molecule has 1 heterocycles. The number of aromatic carboxylic acids is 1. The topological polar surface area (TPSA) is 93.3 Å². The number of carboxylic acids is 1. The number of thiazole rings is 1. The van der Waals surface area contributed by atoms with Gasteiger partial charge in [-0.05, 0) is 19.1 Å². The van der Waals surface area contributed by atoms with Gasteiger partial charge in [0.05, 0.1) is 15.5 Å². The summed E-state index contributed by atoms with van der Waals surface area (Å²) in [6, 6.07) is 4.57. The van der Waals surface area contributed by atoms with Gasteiger partial charge in [0, 0.05) is 0 Å². The van der Waals surface area contributed by atoms with Crippen LogP contribution in [0, 0.1) is 17.0 Å². The molecular formula is C11H7ClN2O4S2. The number of benzene rings is 1. The first-order valence-electron chi connectivity index (χ1n) is 5.21. The number of rotatable bonds is 4. The highest BCUT2D eigenvalue weighted by Crippen LogP contribution is 2.40. The summed E-state index contributed by atoms with van der Waals surface area (Å²) < 4.78 is 0.422. The maximum absolute atomic E-state index is 11.0. The highest BCUT2D eigenvalue weighted by Gasteiger charge is 2.22. The molecule has 1 aromatic carbocycles. The number of nitro groups is 1. The molecule has 2 rings (SSSR count). The van der Waals surface area contributed by atoms with Crippen LogP contribution in [0.15, 0.2) is 27.4 Å². The van der Waals surface area contributed by atoms with Crippen LogP contribution in [0.3, 0.4) is 0 Å². The van der Waals surface area contributed by atoms with Crippen LogP contribution in [0.2, 0.25) is 5.02 Å². The molecule has 1 N–H and O–H groups in total. The third-order valence-electron chi connectivity index (χ3n) is 2.30. The molecule has 0 aliphatic carbocycles. The standard InChI is InChI=1S/C11H7ClN2O4S2/c1-5-9(10(15)16)20-11(13-5)19-7-4-2-3-6(12)8(7)14(17)18/h2-4H,1H3,(H,15,16). The van der Waals surface area contributed by atoms with Gasteiger partial charge in [-0.3, -0.25) is 10.1 Å². The molecule has 0 radical (unpaired) electrons. The van der Waals surface area contributed by atoms with Crippen molar-refractivity contribution in [2.24, 2.45) is 0 Å². The Hall–Kier alpha value is -1.64. The first-order chi connectivity index (χ1) is 9.40. The Morgan fingerprint density at radius 3 is 2.80 bits per heavy atom. The number of aromatic nitrogens is 1. The predicted octanol–water partition coefficient (Wildman–Crippen LogP) is 3.86. The van der Waals surface area contributed by atoms with Crippen molar-refractivity contribution in [3.05, 3.63) is 43.9 Å². The average molecular weight is 331 g/mol. The number of aryl methyl sites for hydroxylation is 1. The average Bonchev–Trinajstić information content (AvgIpc) is 2.70. The lowest BCUT2D eigenvalue weighted by Gasteiger charge is -2.01. The Morgan fingerprint density at radius 1 is 1.55 bits per heavy atom. The monoisotopic (exact) mass is 330 g/mol. The van der Waals surface area contributed by atoms with Crippen LogP contribution in [0.4, 0.5) is 5.69 Å². The van der Waals surface area contributed by atoms with Crippen LogP contribution in [0.1, 0.15) is 15.4 Å². The van der Waals surface area contributed by atoms with E-state index in [-0.39, 0.29) is 15.6 Å². The largest absolute Gasteiger partial charge is 0.477 e. The normalized spacial score (nSPS) is 10.5. The molecular weight excluding hydrogens is 324 g/mol. The maximum Gasteiger partial charge on any atom is 0.347 e. The Kier molecular flexibility index (Phi) is 4.26. The molecule has 0 spiro atoms. The lowest BCUT2D eigenvalue weighted by molar-refractivity contribution is -0.387. The molecule has 0 bridgehead atoms. The van der Waals surface area contributed by atoms with Crippen LogP contribution in [-0.4, -0.2) is 21.0 Å². The predicted molar refractivity (Wildman–Crippen MR) is 76.0 cm³/mol. The van der Waals surface area contributed by atoms with E-state index in [1.165, 1.54) is 6.07 Å². The Bertz CT molecular complexity index is 702. The van der Waals surface area contributed by atoms with Crippen molar-refractivity contribution in [1.82, 2.24) is 4.98 Å². The molecule has 0 fully saturated rings.